The molecular weight excluding hydrogens is 416 g/mol. The van der Waals surface area contributed by atoms with Crippen LogP contribution in [0.3, 0.4) is 0 Å². The molecule has 1 aromatic heterocycles. The Morgan fingerprint density at radius 3 is 2.80 bits per heavy atom. The van der Waals surface area contributed by atoms with Gasteiger partial charge in [-0.05, 0) is 55.5 Å². The maximum atomic E-state index is 12.8. The number of benzene rings is 2. The zero-order valence-electron chi connectivity index (χ0n) is 16.6. The second kappa shape index (κ2) is 8.95. The molecule has 0 spiro atoms. The quantitative estimate of drug-likeness (QED) is 0.559. The van der Waals surface area contributed by atoms with Crippen LogP contribution in [0.4, 0.5) is 11.4 Å². The van der Waals surface area contributed by atoms with Gasteiger partial charge in [0.1, 0.15) is 6.07 Å². The molecule has 0 aliphatic carbocycles. The number of halogens is 1. The van der Waals surface area contributed by atoms with E-state index >= 15 is 0 Å². The number of carbonyl (C=O) groups excluding carboxylic acids is 1. The molecule has 1 amide bonds. The molecule has 2 aromatic carbocycles. The van der Waals surface area contributed by atoms with Crippen LogP contribution in [0.25, 0.3) is 10.9 Å². The highest BCUT2D eigenvalue weighted by atomic mass is 35.5. The number of nitrogens with zero attached hydrogens (tertiary/aromatic N) is 3. The molecule has 0 unspecified atom stereocenters. The van der Waals surface area contributed by atoms with Gasteiger partial charge < -0.3 is 10.2 Å². The van der Waals surface area contributed by atoms with Crippen molar-refractivity contribution >= 4 is 51.5 Å². The third kappa shape index (κ3) is 4.23. The van der Waals surface area contributed by atoms with E-state index in [1.165, 1.54) is 0 Å². The summed E-state index contributed by atoms with van der Waals surface area (Å²) in [6.07, 6.45) is 5.08. The summed E-state index contributed by atoms with van der Waals surface area (Å²) in [5, 5.41) is 14.1. The van der Waals surface area contributed by atoms with Crippen molar-refractivity contribution in [2.45, 2.75) is 17.7 Å². The molecule has 0 saturated carbocycles. The van der Waals surface area contributed by atoms with E-state index in [1.807, 2.05) is 42.7 Å². The van der Waals surface area contributed by atoms with Gasteiger partial charge in [0.2, 0.25) is 5.91 Å². The molecule has 1 saturated heterocycles. The van der Waals surface area contributed by atoms with E-state index in [9.17, 15) is 10.1 Å². The largest absolute Gasteiger partial charge is 0.370 e. The van der Waals surface area contributed by atoms with Gasteiger partial charge in [-0.3, -0.25) is 9.78 Å². The lowest BCUT2D eigenvalue weighted by molar-refractivity contribution is -0.120. The van der Waals surface area contributed by atoms with Crippen LogP contribution in [0, 0.1) is 17.2 Å². The van der Waals surface area contributed by atoms with Crippen LogP contribution in [0.5, 0.6) is 0 Å². The van der Waals surface area contributed by atoms with Crippen molar-refractivity contribution in [3.8, 4) is 6.07 Å². The van der Waals surface area contributed by atoms with Crippen molar-refractivity contribution in [2.75, 3.05) is 29.6 Å². The minimum Gasteiger partial charge on any atom is -0.370 e. The van der Waals surface area contributed by atoms with E-state index < -0.39 is 0 Å². The molecule has 5 nitrogen and oxygen atoms in total. The molecule has 30 heavy (non-hydrogen) atoms. The minimum atomic E-state index is -0.0542. The maximum Gasteiger partial charge on any atom is 0.227 e. The van der Waals surface area contributed by atoms with E-state index in [1.54, 1.807) is 24.0 Å². The SMILES string of the molecule is CSc1cccc(NC(=O)C2CCN(c3c(C#N)cnc4ccc(Cl)cc34)CC2)c1. The summed E-state index contributed by atoms with van der Waals surface area (Å²) < 4.78 is 0. The van der Waals surface area contributed by atoms with Crippen molar-refractivity contribution < 1.29 is 4.79 Å². The van der Waals surface area contributed by atoms with E-state index in [2.05, 4.69) is 21.3 Å². The number of anilines is 2. The molecule has 0 radical (unpaired) electrons. The minimum absolute atomic E-state index is 0.0519. The Balaban J connectivity index is 1.50. The van der Waals surface area contributed by atoms with Crippen LogP contribution < -0.4 is 10.2 Å². The van der Waals surface area contributed by atoms with Crippen LogP contribution in [0.2, 0.25) is 5.02 Å². The number of nitrogens with one attached hydrogen (secondary N) is 1. The summed E-state index contributed by atoms with van der Waals surface area (Å²) in [5.74, 6) is -0.00236. The van der Waals surface area contributed by atoms with Gasteiger partial charge in [-0.2, -0.15) is 5.26 Å². The van der Waals surface area contributed by atoms with Gasteiger partial charge in [0.25, 0.3) is 0 Å². The number of amides is 1. The maximum absolute atomic E-state index is 12.8. The predicted octanol–water partition coefficient (Wildman–Crippen LogP) is 5.34. The number of hydrogen-bond acceptors (Lipinski definition) is 5. The van der Waals surface area contributed by atoms with Crippen LogP contribution in [0.15, 0.2) is 53.6 Å². The van der Waals surface area contributed by atoms with Crippen molar-refractivity contribution in [3.05, 3.63) is 59.2 Å². The lowest BCUT2D eigenvalue weighted by Crippen LogP contribution is -2.38. The number of hydrogen-bond donors (Lipinski definition) is 1. The average Bonchev–Trinajstić information content (AvgIpc) is 2.78. The van der Waals surface area contributed by atoms with Crippen molar-refractivity contribution in [1.82, 2.24) is 4.98 Å². The van der Waals surface area contributed by atoms with Crippen molar-refractivity contribution in [3.63, 3.8) is 0 Å². The van der Waals surface area contributed by atoms with Gasteiger partial charge >= 0.3 is 0 Å². The second-order valence-electron chi connectivity index (χ2n) is 7.28. The predicted molar refractivity (Wildman–Crippen MR) is 123 cm³/mol. The summed E-state index contributed by atoms with van der Waals surface area (Å²) in [5.41, 5.74) is 3.02. The first-order chi connectivity index (χ1) is 14.6. The zero-order valence-corrected chi connectivity index (χ0v) is 18.1. The highest BCUT2D eigenvalue weighted by Crippen LogP contribution is 2.34. The van der Waals surface area contributed by atoms with Gasteiger partial charge in [0.15, 0.2) is 0 Å². The van der Waals surface area contributed by atoms with Gasteiger partial charge in [0.05, 0.1) is 16.8 Å². The number of pyridine rings is 1. The molecule has 1 fully saturated rings. The highest BCUT2D eigenvalue weighted by Gasteiger charge is 2.27. The Morgan fingerprint density at radius 1 is 1.27 bits per heavy atom. The number of aromatic nitrogens is 1. The molecule has 3 aromatic rings. The monoisotopic (exact) mass is 436 g/mol. The first-order valence-electron chi connectivity index (χ1n) is 9.77. The fraction of sp³-hybridized carbons (Fsp3) is 0.261. The smallest absolute Gasteiger partial charge is 0.227 e. The average molecular weight is 437 g/mol. The number of nitriles is 1. The first kappa shape index (κ1) is 20.5. The Kier molecular flexibility index (Phi) is 6.12. The van der Waals surface area contributed by atoms with Gasteiger partial charge in [-0.25, -0.2) is 0 Å². The summed E-state index contributed by atoms with van der Waals surface area (Å²) in [4.78, 5) is 20.5. The highest BCUT2D eigenvalue weighted by molar-refractivity contribution is 7.98. The lowest BCUT2D eigenvalue weighted by atomic mass is 9.94. The van der Waals surface area contributed by atoms with E-state index in [-0.39, 0.29) is 11.8 Å². The molecule has 1 aliphatic heterocycles. The summed E-state index contributed by atoms with van der Waals surface area (Å²) in [7, 11) is 0. The van der Waals surface area contributed by atoms with Crippen LogP contribution >= 0.6 is 23.4 Å². The van der Waals surface area contributed by atoms with Crippen molar-refractivity contribution in [2.24, 2.45) is 5.92 Å². The number of rotatable bonds is 4. The summed E-state index contributed by atoms with van der Waals surface area (Å²) >= 11 is 7.85. The van der Waals surface area contributed by atoms with E-state index in [0.717, 1.165) is 40.0 Å². The Bertz CT molecular complexity index is 1140. The van der Waals surface area contributed by atoms with Gasteiger partial charge in [-0.15, -0.1) is 11.8 Å². The van der Waals surface area contributed by atoms with E-state index in [0.29, 0.717) is 23.7 Å². The zero-order chi connectivity index (χ0) is 21.1. The Hall–Kier alpha value is -2.75. The normalized spacial score (nSPS) is 14.5. The van der Waals surface area contributed by atoms with Gasteiger partial charge in [-0.1, -0.05) is 17.7 Å². The Morgan fingerprint density at radius 2 is 2.07 bits per heavy atom. The van der Waals surface area contributed by atoms with Crippen LogP contribution in [0.1, 0.15) is 18.4 Å². The molecule has 2 heterocycles. The first-order valence-corrected chi connectivity index (χ1v) is 11.4. The number of thioether (sulfide) groups is 1. The molecule has 1 N–H and O–H groups in total. The number of fused-ring (bicyclic) bond motifs is 1. The molecule has 0 atom stereocenters. The molecule has 4 rings (SSSR count). The Labute approximate surface area is 185 Å². The standard InChI is InChI=1S/C23H21ClN4OS/c1-30-19-4-2-3-18(12-19)27-23(29)15-7-9-28(10-8-15)22-16(13-25)14-26-21-6-5-17(24)11-20(21)22/h2-6,11-12,14-15H,7-10H2,1H3,(H,27,29). The third-order valence-electron chi connectivity index (χ3n) is 5.44. The van der Waals surface area contributed by atoms with E-state index in [4.69, 9.17) is 11.6 Å². The van der Waals surface area contributed by atoms with Crippen LogP contribution in [-0.4, -0.2) is 30.2 Å². The third-order valence-corrected chi connectivity index (χ3v) is 6.40. The molecule has 152 valence electrons. The fourth-order valence-corrected chi connectivity index (χ4v) is 4.52. The molecule has 1 aliphatic rings. The molecule has 7 heteroatoms. The number of carbonyl (C=O) groups is 1. The summed E-state index contributed by atoms with van der Waals surface area (Å²) in [6.45, 7) is 1.40. The molecular formula is C23H21ClN4OS. The second-order valence-corrected chi connectivity index (χ2v) is 8.59. The lowest BCUT2D eigenvalue weighted by Gasteiger charge is -2.34. The summed E-state index contributed by atoms with van der Waals surface area (Å²) in [6, 6.07) is 15.7. The van der Waals surface area contributed by atoms with Crippen molar-refractivity contribution in [1.29, 1.82) is 5.26 Å². The molecule has 0 bridgehead atoms. The number of piperidine rings is 1. The topological polar surface area (TPSA) is 69.0 Å². The van der Waals surface area contributed by atoms with Gasteiger partial charge in [0, 0.05) is 46.2 Å². The fourth-order valence-electron chi connectivity index (χ4n) is 3.88. The van der Waals surface area contributed by atoms with Crippen LogP contribution in [-0.2, 0) is 4.79 Å².